The molecule has 0 aliphatic carbocycles. The number of hydrogen-bond donors (Lipinski definition) is 3. The Hall–Kier alpha value is -3.38. The number of carboxylic acids is 1. The minimum atomic E-state index is -1.01. The molecule has 7 nitrogen and oxygen atoms in total. The van der Waals surface area contributed by atoms with E-state index in [1.165, 1.54) is 17.6 Å². The number of halogens is 2. The van der Waals surface area contributed by atoms with Crippen molar-refractivity contribution < 1.29 is 24.0 Å². The molecule has 0 aromatic carbocycles. The van der Waals surface area contributed by atoms with Crippen molar-refractivity contribution in [1.29, 1.82) is 5.26 Å². The first-order valence-corrected chi connectivity index (χ1v) is 8.90. The van der Waals surface area contributed by atoms with E-state index in [1.54, 1.807) is 0 Å². The molecule has 0 radical (unpaired) electrons. The second-order valence-corrected chi connectivity index (χ2v) is 7.85. The van der Waals surface area contributed by atoms with Gasteiger partial charge < -0.3 is 10.1 Å². The fourth-order valence-corrected chi connectivity index (χ4v) is 3.08. The highest BCUT2D eigenvalue weighted by Gasteiger charge is 2.33. The molecule has 0 spiro atoms. The summed E-state index contributed by atoms with van der Waals surface area (Å²) in [7, 11) is 0. The average Bonchev–Trinajstić information content (AvgIpc) is 3.04. The van der Waals surface area contributed by atoms with Gasteiger partial charge in [-0.1, -0.05) is 20.8 Å². The van der Waals surface area contributed by atoms with E-state index in [4.69, 9.17) is 0 Å². The monoisotopic (exact) mass is 400 g/mol. The largest absolute Gasteiger partial charge is 0.481 e. The lowest BCUT2D eigenvalue weighted by atomic mass is 9.84. The van der Waals surface area contributed by atoms with Crippen LogP contribution in [0.1, 0.15) is 32.8 Å². The fraction of sp³-hybridized carbons (Fsp3) is 0.300. The van der Waals surface area contributed by atoms with Crippen LogP contribution in [0.15, 0.2) is 24.5 Å². The number of carboxylic acid groups (broad SMARTS) is 1. The highest BCUT2D eigenvalue weighted by molar-refractivity contribution is 5.94. The number of nitrogens with zero attached hydrogens (tertiary/aromatic N) is 3. The van der Waals surface area contributed by atoms with Crippen molar-refractivity contribution in [1.82, 2.24) is 15.0 Å². The number of hydrogen-bond acceptors (Lipinski definition) is 4. The number of fused-ring (bicyclic) bond motifs is 1. The summed E-state index contributed by atoms with van der Waals surface area (Å²) in [6, 6.07) is 3.72. The summed E-state index contributed by atoms with van der Waals surface area (Å²) in [5, 5.41) is 20.5. The van der Waals surface area contributed by atoms with Crippen LogP contribution in [0.5, 0.6) is 0 Å². The molecule has 0 saturated heterocycles. The zero-order valence-corrected chi connectivity index (χ0v) is 16.1. The molecule has 150 valence electrons. The summed E-state index contributed by atoms with van der Waals surface area (Å²) >= 11 is 0. The summed E-state index contributed by atoms with van der Waals surface area (Å²) in [5.74, 6) is -2.35. The van der Waals surface area contributed by atoms with Gasteiger partial charge in [-0.25, -0.2) is 9.37 Å². The summed E-state index contributed by atoms with van der Waals surface area (Å²) in [4.78, 5) is 22.4. The number of carbonyl (C=O) groups is 1. The number of H-pyrrole nitrogens is 1. The van der Waals surface area contributed by atoms with E-state index in [0.717, 1.165) is 12.3 Å². The third-order valence-corrected chi connectivity index (χ3v) is 4.74. The molecular formula is C20H20F2N5O2+. The van der Waals surface area contributed by atoms with Gasteiger partial charge in [-0.2, -0.15) is 14.6 Å². The van der Waals surface area contributed by atoms with Gasteiger partial charge in [0, 0.05) is 28.6 Å². The maximum atomic E-state index is 14.7. The van der Waals surface area contributed by atoms with Gasteiger partial charge in [0.25, 0.3) is 5.82 Å². The first kappa shape index (κ1) is 20.4. The van der Waals surface area contributed by atoms with Gasteiger partial charge in [0.2, 0.25) is 5.82 Å². The van der Waals surface area contributed by atoms with E-state index in [9.17, 15) is 23.9 Å². The number of aromatic amines is 1. The standard InChI is InChI=1S/C20H19F2N5O2/c1-20(2,3)15(6-16(28)29)26-19-14(22)4-10(7-23)17(27-19)13-9-25-18-12(13)5-11(21)8-24-18/h4-5,8-9,15H,6H2,1-3H3,(H,24,25)(H,26,27)(H,28,29)/p+1. The molecule has 4 N–H and O–H groups in total. The summed E-state index contributed by atoms with van der Waals surface area (Å²) in [6.07, 6.45) is 2.40. The van der Waals surface area contributed by atoms with Crippen LogP contribution in [0.3, 0.4) is 0 Å². The van der Waals surface area contributed by atoms with Crippen molar-refractivity contribution in [2.24, 2.45) is 5.41 Å². The van der Waals surface area contributed by atoms with Gasteiger partial charge in [0.05, 0.1) is 23.9 Å². The van der Waals surface area contributed by atoms with Crippen molar-refractivity contribution in [2.45, 2.75) is 33.2 Å². The van der Waals surface area contributed by atoms with Crippen molar-refractivity contribution >= 4 is 22.8 Å². The number of pyridine rings is 2. The molecule has 3 aromatic rings. The Kier molecular flexibility index (Phi) is 5.31. The molecule has 3 aromatic heterocycles. The van der Waals surface area contributed by atoms with Crippen LogP contribution in [0.4, 0.5) is 14.6 Å². The van der Waals surface area contributed by atoms with Crippen LogP contribution >= 0.6 is 0 Å². The number of quaternary nitrogens is 1. The third kappa shape index (κ3) is 4.22. The molecule has 29 heavy (non-hydrogen) atoms. The van der Waals surface area contributed by atoms with E-state index in [2.05, 4.69) is 15.0 Å². The summed E-state index contributed by atoms with van der Waals surface area (Å²) < 4.78 is 28.3. The van der Waals surface area contributed by atoms with E-state index >= 15 is 0 Å². The quantitative estimate of drug-likeness (QED) is 0.608. The van der Waals surface area contributed by atoms with E-state index < -0.39 is 29.1 Å². The Balaban J connectivity index is 2.13. The lowest BCUT2D eigenvalue weighted by Crippen LogP contribution is -2.88. The molecule has 0 aliphatic heterocycles. The molecular weight excluding hydrogens is 380 g/mol. The second-order valence-electron chi connectivity index (χ2n) is 7.85. The van der Waals surface area contributed by atoms with Crippen molar-refractivity contribution in [2.75, 3.05) is 0 Å². The lowest BCUT2D eigenvalue weighted by molar-refractivity contribution is -0.629. The van der Waals surface area contributed by atoms with Crippen LogP contribution in [-0.2, 0) is 4.79 Å². The zero-order valence-electron chi connectivity index (χ0n) is 16.1. The van der Waals surface area contributed by atoms with E-state index in [0.29, 0.717) is 16.6 Å². The van der Waals surface area contributed by atoms with Gasteiger partial charge in [-0.3, -0.25) is 10.1 Å². The normalized spacial score (nSPS) is 12.7. The Morgan fingerprint density at radius 1 is 1.38 bits per heavy atom. The SMILES string of the molecule is CC(C)(C)C(CC(=O)O)[NH2+]c1nc(-c2c[nH]c3ncc(F)cc23)c(C#N)cc1F. The Morgan fingerprint density at radius 2 is 2.10 bits per heavy atom. The number of nitriles is 1. The Labute approximate surface area is 165 Å². The highest BCUT2D eigenvalue weighted by atomic mass is 19.1. The van der Waals surface area contributed by atoms with Crippen molar-refractivity contribution in [3.8, 4) is 17.3 Å². The number of rotatable bonds is 5. The van der Waals surface area contributed by atoms with E-state index in [1.807, 2.05) is 26.8 Å². The smallest absolute Gasteiger partial charge is 0.309 e. The molecule has 0 amide bonds. The molecule has 0 fully saturated rings. The minimum absolute atomic E-state index is 0.0182. The van der Waals surface area contributed by atoms with Crippen LogP contribution in [0.25, 0.3) is 22.3 Å². The second kappa shape index (κ2) is 7.56. The number of aliphatic carboxylic acids is 1. The van der Waals surface area contributed by atoms with Gasteiger partial charge >= 0.3 is 5.97 Å². The number of nitrogens with two attached hydrogens (primary N) is 1. The van der Waals surface area contributed by atoms with Crippen molar-refractivity contribution in [3.05, 3.63) is 41.7 Å². The fourth-order valence-electron chi connectivity index (χ4n) is 3.08. The summed E-state index contributed by atoms with van der Waals surface area (Å²) in [6.45, 7) is 5.56. The maximum absolute atomic E-state index is 14.7. The highest BCUT2D eigenvalue weighted by Crippen LogP contribution is 2.31. The lowest BCUT2D eigenvalue weighted by Gasteiger charge is -2.26. The Morgan fingerprint density at radius 3 is 2.72 bits per heavy atom. The van der Waals surface area contributed by atoms with Gasteiger partial charge in [-0.15, -0.1) is 0 Å². The molecule has 3 heterocycles. The molecule has 1 unspecified atom stereocenters. The van der Waals surface area contributed by atoms with Crippen molar-refractivity contribution in [3.63, 3.8) is 0 Å². The predicted molar refractivity (Wildman–Crippen MR) is 101 cm³/mol. The first-order chi connectivity index (χ1) is 13.6. The molecule has 9 heteroatoms. The maximum Gasteiger partial charge on any atom is 0.309 e. The molecule has 0 aliphatic rings. The molecule has 3 rings (SSSR count). The van der Waals surface area contributed by atoms with E-state index in [-0.39, 0.29) is 23.5 Å². The third-order valence-electron chi connectivity index (χ3n) is 4.74. The molecule has 1 atom stereocenters. The van der Waals surface area contributed by atoms with Crippen LogP contribution in [0, 0.1) is 28.4 Å². The molecule has 0 bridgehead atoms. The Bertz CT molecular complexity index is 1130. The van der Waals surface area contributed by atoms with Gasteiger partial charge in [0.15, 0.2) is 0 Å². The zero-order chi connectivity index (χ0) is 21.3. The molecule has 0 saturated carbocycles. The number of nitrogens with one attached hydrogen (secondary N) is 1. The minimum Gasteiger partial charge on any atom is -0.481 e. The number of aromatic nitrogens is 3. The average molecular weight is 400 g/mol. The van der Waals surface area contributed by atoms with Crippen LogP contribution < -0.4 is 5.32 Å². The topological polar surface area (TPSA) is 119 Å². The predicted octanol–water partition coefficient (Wildman–Crippen LogP) is 2.86. The van der Waals surface area contributed by atoms with Gasteiger partial charge in [0.1, 0.15) is 23.6 Å². The van der Waals surface area contributed by atoms with Gasteiger partial charge in [-0.05, 0) is 6.07 Å². The van der Waals surface area contributed by atoms with Crippen LogP contribution in [-0.4, -0.2) is 32.1 Å². The first-order valence-electron chi connectivity index (χ1n) is 8.90. The van der Waals surface area contributed by atoms with Crippen LogP contribution in [0.2, 0.25) is 0 Å². The summed E-state index contributed by atoms with van der Waals surface area (Å²) in [5.41, 5.74) is 0.510.